The summed E-state index contributed by atoms with van der Waals surface area (Å²) in [5, 5.41) is 14.3. The van der Waals surface area contributed by atoms with E-state index in [1.807, 2.05) is 0 Å². The Hall–Kier alpha value is -2.88. The van der Waals surface area contributed by atoms with Gasteiger partial charge < -0.3 is 16.4 Å². The first kappa shape index (κ1) is 17.0. The van der Waals surface area contributed by atoms with Gasteiger partial charge in [-0.15, -0.1) is 12.3 Å². The van der Waals surface area contributed by atoms with E-state index in [0.717, 1.165) is 18.5 Å². The number of carbonyl (C=O) groups excluding carboxylic acids is 2. The zero-order chi connectivity index (χ0) is 17.9. The van der Waals surface area contributed by atoms with E-state index in [1.165, 1.54) is 0 Å². The predicted octanol–water partition coefficient (Wildman–Crippen LogP) is 2.65. The number of anilines is 2. The molecule has 1 aromatic carbocycles. The van der Waals surface area contributed by atoms with Crippen LogP contribution in [0.15, 0.2) is 28.4 Å². The minimum absolute atomic E-state index is 0.155. The number of nitrogens with two attached hydrogens (primary N) is 1. The van der Waals surface area contributed by atoms with Crippen molar-refractivity contribution < 1.29 is 9.59 Å². The summed E-state index contributed by atoms with van der Waals surface area (Å²) in [6.07, 6.45) is 9.54. The molecule has 0 spiro atoms. The number of amides is 2. The summed E-state index contributed by atoms with van der Waals surface area (Å²) in [5.41, 5.74) is 6.57. The summed E-state index contributed by atoms with van der Waals surface area (Å²) in [7, 11) is 0. The second-order valence-corrected chi connectivity index (χ2v) is 6.48. The van der Waals surface area contributed by atoms with Crippen LogP contribution < -0.4 is 16.4 Å². The van der Waals surface area contributed by atoms with Crippen LogP contribution >= 0.6 is 0 Å². The molecule has 130 valence electrons. The maximum absolute atomic E-state index is 12.3. The summed E-state index contributed by atoms with van der Waals surface area (Å²) in [6, 6.07) is 5.45. The Balaban J connectivity index is 1.62. The van der Waals surface area contributed by atoms with Crippen molar-refractivity contribution in [2.45, 2.75) is 50.2 Å². The zero-order valence-electron chi connectivity index (χ0n) is 13.9. The lowest BCUT2D eigenvalue weighted by atomic mass is 10.0. The van der Waals surface area contributed by atoms with Gasteiger partial charge in [0, 0.05) is 37.3 Å². The fourth-order valence-electron chi connectivity index (χ4n) is 2.57. The Morgan fingerprint density at radius 3 is 2.64 bits per heavy atom. The van der Waals surface area contributed by atoms with Crippen LogP contribution in [0.2, 0.25) is 0 Å². The van der Waals surface area contributed by atoms with E-state index in [9.17, 15) is 9.59 Å². The van der Waals surface area contributed by atoms with Crippen molar-refractivity contribution in [2.75, 3.05) is 10.6 Å². The maximum atomic E-state index is 12.3. The molecule has 0 unspecified atom stereocenters. The Labute approximate surface area is 146 Å². The molecule has 1 aromatic rings. The molecule has 1 fully saturated rings. The van der Waals surface area contributed by atoms with E-state index in [0.29, 0.717) is 36.6 Å². The molecule has 0 bridgehead atoms. The number of primary amides is 1. The molecule has 7 nitrogen and oxygen atoms in total. The Kier molecular flexibility index (Phi) is 4.70. The van der Waals surface area contributed by atoms with E-state index < -0.39 is 11.6 Å². The van der Waals surface area contributed by atoms with Gasteiger partial charge in [-0.25, -0.2) is 0 Å². The van der Waals surface area contributed by atoms with Crippen LogP contribution in [-0.2, 0) is 4.79 Å². The molecule has 3 rings (SSSR count). The molecule has 1 aliphatic heterocycles. The Morgan fingerprint density at radius 1 is 1.28 bits per heavy atom. The highest BCUT2D eigenvalue weighted by Crippen LogP contribution is 2.38. The van der Waals surface area contributed by atoms with Crippen LogP contribution in [0, 0.1) is 12.3 Å². The molecule has 1 heterocycles. The first-order chi connectivity index (χ1) is 12.0. The normalized spacial score (nSPS) is 16.8. The second-order valence-electron chi connectivity index (χ2n) is 6.48. The lowest BCUT2D eigenvalue weighted by Crippen LogP contribution is -2.19. The fraction of sp³-hybridized carbons (Fsp3) is 0.444. The highest BCUT2D eigenvalue weighted by molar-refractivity contribution is 5.99. The molecular weight excluding hydrogens is 318 g/mol. The molecule has 1 aliphatic carbocycles. The number of benzene rings is 1. The molecule has 25 heavy (non-hydrogen) atoms. The van der Waals surface area contributed by atoms with Crippen LogP contribution in [0.1, 0.15) is 48.9 Å². The predicted molar refractivity (Wildman–Crippen MR) is 95.1 cm³/mol. The zero-order valence-corrected chi connectivity index (χ0v) is 13.9. The molecule has 0 atom stereocenters. The molecule has 1 saturated carbocycles. The maximum Gasteiger partial charge on any atom is 0.248 e. The summed E-state index contributed by atoms with van der Waals surface area (Å²) >= 11 is 0. The van der Waals surface area contributed by atoms with Gasteiger partial charge in [-0.3, -0.25) is 9.59 Å². The molecule has 0 radical (unpaired) electrons. The molecule has 0 saturated heterocycles. The standard InChI is InChI=1S/C18H21N5O2/c1-2-3-9-18(22-23-18)10-8-16(24)21-15-11-12(17(19)25)4-7-14(15)20-13-5-6-13/h1,4,7,11,13,20H,3,5-6,8-10H2,(H2,19,25)(H,21,24). The van der Waals surface area contributed by atoms with E-state index in [4.69, 9.17) is 12.2 Å². The van der Waals surface area contributed by atoms with Gasteiger partial charge in [0.05, 0.1) is 11.4 Å². The minimum Gasteiger partial charge on any atom is -0.381 e. The van der Waals surface area contributed by atoms with Crippen LogP contribution in [0.3, 0.4) is 0 Å². The van der Waals surface area contributed by atoms with Crippen LogP contribution in [0.25, 0.3) is 0 Å². The quantitative estimate of drug-likeness (QED) is 0.602. The summed E-state index contributed by atoms with van der Waals surface area (Å²) in [6.45, 7) is 0. The van der Waals surface area contributed by atoms with Crippen molar-refractivity contribution in [3.8, 4) is 12.3 Å². The lowest BCUT2D eigenvalue weighted by Gasteiger charge is -2.14. The monoisotopic (exact) mass is 339 g/mol. The Morgan fingerprint density at radius 2 is 2.04 bits per heavy atom. The number of terminal acetylenes is 1. The van der Waals surface area contributed by atoms with Crippen LogP contribution in [0.5, 0.6) is 0 Å². The molecular formula is C18H21N5O2. The number of hydrogen-bond acceptors (Lipinski definition) is 5. The molecule has 7 heteroatoms. The molecule has 0 aromatic heterocycles. The van der Waals surface area contributed by atoms with Crippen LogP contribution in [0.4, 0.5) is 11.4 Å². The average molecular weight is 339 g/mol. The largest absolute Gasteiger partial charge is 0.381 e. The molecule has 4 N–H and O–H groups in total. The van der Waals surface area contributed by atoms with Crippen molar-refractivity contribution in [1.82, 2.24) is 0 Å². The number of nitrogens with zero attached hydrogens (tertiary/aromatic N) is 2. The van der Waals surface area contributed by atoms with Crippen molar-refractivity contribution in [2.24, 2.45) is 16.0 Å². The Bertz CT molecular complexity index is 755. The van der Waals surface area contributed by atoms with Gasteiger partial charge in [0.1, 0.15) is 0 Å². The van der Waals surface area contributed by atoms with Gasteiger partial charge in [-0.2, -0.15) is 10.2 Å². The van der Waals surface area contributed by atoms with Crippen molar-refractivity contribution in [1.29, 1.82) is 0 Å². The van der Waals surface area contributed by atoms with Crippen LogP contribution in [-0.4, -0.2) is 23.5 Å². The third-order valence-corrected chi connectivity index (χ3v) is 4.32. The van der Waals surface area contributed by atoms with Gasteiger partial charge in [-0.1, -0.05) is 0 Å². The number of hydrogen-bond donors (Lipinski definition) is 3. The van der Waals surface area contributed by atoms with Crippen molar-refractivity contribution in [3.63, 3.8) is 0 Å². The highest BCUT2D eigenvalue weighted by atomic mass is 16.2. The van der Waals surface area contributed by atoms with Crippen molar-refractivity contribution in [3.05, 3.63) is 23.8 Å². The first-order valence-corrected chi connectivity index (χ1v) is 8.39. The van der Waals surface area contributed by atoms with E-state index in [-0.39, 0.29) is 12.3 Å². The van der Waals surface area contributed by atoms with Gasteiger partial charge >= 0.3 is 0 Å². The van der Waals surface area contributed by atoms with E-state index in [2.05, 4.69) is 26.8 Å². The fourth-order valence-corrected chi connectivity index (χ4v) is 2.57. The lowest BCUT2D eigenvalue weighted by molar-refractivity contribution is -0.116. The summed E-state index contributed by atoms with van der Waals surface area (Å²) in [5.74, 6) is 1.88. The highest BCUT2D eigenvalue weighted by Gasteiger charge is 2.39. The SMILES string of the molecule is C#CCCC1(CCC(=O)Nc2cc(C(N)=O)ccc2NC2CC2)N=N1. The van der Waals surface area contributed by atoms with E-state index >= 15 is 0 Å². The minimum atomic E-state index is -0.530. The van der Waals surface area contributed by atoms with Crippen molar-refractivity contribution >= 4 is 23.2 Å². The van der Waals surface area contributed by atoms with Gasteiger partial charge in [-0.05, 0) is 31.0 Å². The number of nitrogens with one attached hydrogen (secondary N) is 2. The van der Waals surface area contributed by atoms with Gasteiger partial charge in [0.2, 0.25) is 11.8 Å². The molecule has 2 aliphatic rings. The number of carbonyl (C=O) groups is 2. The third kappa shape index (κ3) is 4.57. The van der Waals surface area contributed by atoms with Gasteiger partial charge in [0.25, 0.3) is 0 Å². The van der Waals surface area contributed by atoms with Gasteiger partial charge in [0.15, 0.2) is 5.66 Å². The summed E-state index contributed by atoms with van der Waals surface area (Å²) < 4.78 is 0. The topological polar surface area (TPSA) is 109 Å². The first-order valence-electron chi connectivity index (χ1n) is 8.39. The second kappa shape index (κ2) is 6.93. The average Bonchev–Trinajstić information content (AvgIpc) is 3.50. The molecule has 2 amide bonds. The summed E-state index contributed by atoms with van der Waals surface area (Å²) in [4.78, 5) is 23.7. The smallest absolute Gasteiger partial charge is 0.248 e. The number of rotatable bonds is 9. The van der Waals surface area contributed by atoms with E-state index in [1.54, 1.807) is 18.2 Å². The third-order valence-electron chi connectivity index (χ3n) is 4.32.